The second-order valence-electron chi connectivity index (χ2n) is 6.34. The number of hydrogen-bond acceptors (Lipinski definition) is 4. The average Bonchev–Trinajstić information content (AvgIpc) is 3.11. The molecule has 7 heteroatoms. The van der Waals surface area contributed by atoms with Crippen molar-refractivity contribution in [3.63, 3.8) is 0 Å². The number of thiazole rings is 1. The summed E-state index contributed by atoms with van der Waals surface area (Å²) in [4.78, 5) is 9.28. The lowest BCUT2D eigenvalue weighted by atomic mass is 9.79. The molecule has 1 spiro atoms. The number of hydrogen-bond donors (Lipinski definition) is 2. The predicted molar refractivity (Wildman–Crippen MR) is 114 cm³/mol. The smallest absolute Gasteiger partial charge is 0.166 e. The van der Waals surface area contributed by atoms with Gasteiger partial charge in [-0.2, -0.15) is 0 Å². The van der Waals surface area contributed by atoms with E-state index in [0.717, 1.165) is 35.1 Å². The van der Waals surface area contributed by atoms with Crippen molar-refractivity contribution >= 4 is 51.2 Å². The van der Waals surface area contributed by atoms with Gasteiger partial charge in [0.1, 0.15) is 10.8 Å². The summed E-state index contributed by atoms with van der Waals surface area (Å²) in [6.45, 7) is 4.57. The molecule has 0 unspecified atom stereocenters. The SMILES string of the molecule is CC.Clc1ccc(CN=C2Nc3ncsc3NC23CCCCC3)cc1Cl. The van der Waals surface area contributed by atoms with E-state index in [1.54, 1.807) is 11.3 Å². The van der Waals surface area contributed by atoms with Crippen LogP contribution in [0.5, 0.6) is 0 Å². The fourth-order valence-corrected chi connectivity index (χ4v) is 4.50. The second-order valence-corrected chi connectivity index (χ2v) is 8.01. The van der Waals surface area contributed by atoms with Gasteiger partial charge >= 0.3 is 0 Å². The summed E-state index contributed by atoms with van der Waals surface area (Å²) in [6, 6.07) is 5.67. The molecule has 0 atom stereocenters. The number of rotatable bonds is 2. The van der Waals surface area contributed by atoms with Crippen LogP contribution < -0.4 is 10.6 Å². The molecule has 2 heterocycles. The van der Waals surface area contributed by atoms with Gasteiger partial charge in [0.15, 0.2) is 5.82 Å². The Morgan fingerprint density at radius 3 is 2.65 bits per heavy atom. The fourth-order valence-electron chi connectivity index (χ4n) is 3.45. The lowest BCUT2D eigenvalue weighted by molar-refractivity contribution is 0.403. The van der Waals surface area contributed by atoms with Crippen LogP contribution in [0.25, 0.3) is 0 Å². The average molecular weight is 411 g/mol. The van der Waals surface area contributed by atoms with E-state index in [9.17, 15) is 0 Å². The van der Waals surface area contributed by atoms with E-state index in [1.807, 2.05) is 37.6 Å². The summed E-state index contributed by atoms with van der Waals surface area (Å²) in [5.41, 5.74) is 2.82. The molecule has 4 rings (SSSR count). The summed E-state index contributed by atoms with van der Waals surface area (Å²) < 4.78 is 0. The zero-order chi connectivity index (χ0) is 18.6. The van der Waals surface area contributed by atoms with Crippen LogP contribution in [0, 0.1) is 0 Å². The normalized spacial score (nSPS) is 19.2. The van der Waals surface area contributed by atoms with Crippen LogP contribution in [-0.4, -0.2) is 16.4 Å². The van der Waals surface area contributed by atoms with Crippen molar-refractivity contribution in [3.8, 4) is 0 Å². The molecule has 1 saturated carbocycles. The summed E-state index contributed by atoms with van der Waals surface area (Å²) in [7, 11) is 0. The number of benzene rings is 1. The van der Waals surface area contributed by atoms with Gasteiger partial charge < -0.3 is 10.6 Å². The van der Waals surface area contributed by atoms with E-state index in [0.29, 0.717) is 16.6 Å². The van der Waals surface area contributed by atoms with Gasteiger partial charge in [-0.3, -0.25) is 4.99 Å². The molecular formula is C19H24Cl2N4S. The maximum Gasteiger partial charge on any atom is 0.166 e. The van der Waals surface area contributed by atoms with Crippen molar-refractivity contribution in [1.82, 2.24) is 4.98 Å². The van der Waals surface area contributed by atoms with Crippen LogP contribution in [-0.2, 0) is 6.54 Å². The first-order valence-corrected chi connectivity index (χ1v) is 10.8. The van der Waals surface area contributed by atoms with E-state index in [4.69, 9.17) is 28.2 Å². The van der Waals surface area contributed by atoms with E-state index in [2.05, 4.69) is 15.6 Å². The Bertz CT molecular complexity index is 782. The van der Waals surface area contributed by atoms with Gasteiger partial charge in [0.2, 0.25) is 0 Å². The van der Waals surface area contributed by atoms with Crippen LogP contribution in [0.3, 0.4) is 0 Å². The first-order valence-electron chi connectivity index (χ1n) is 9.14. The zero-order valence-corrected chi connectivity index (χ0v) is 17.4. The largest absolute Gasteiger partial charge is 0.361 e. The molecule has 2 aromatic rings. The predicted octanol–water partition coefficient (Wildman–Crippen LogP) is 6.62. The van der Waals surface area contributed by atoms with Gasteiger partial charge in [0.05, 0.1) is 27.6 Å². The molecule has 1 aromatic heterocycles. The first kappa shape index (κ1) is 19.5. The Morgan fingerprint density at radius 2 is 1.92 bits per heavy atom. The maximum absolute atomic E-state index is 6.11. The molecular weight excluding hydrogens is 387 g/mol. The Kier molecular flexibility index (Phi) is 6.43. The highest BCUT2D eigenvalue weighted by molar-refractivity contribution is 7.14. The van der Waals surface area contributed by atoms with Crippen molar-refractivity contribution < 1.29 is 0 Å². The van der Waals surface area contributed by atoms with Crippen molar-refractivity contribution in [2.75, 3.05) is 10.6 Å². The first-order chi connectivity index (χ1) is 12.7. The summed E-state index contributed by atoms with van der Waals surface area (Å²) in [6.07, 6.45) is 5.91. The highest BCUT2D eigenvalue weighted by Crippen LogP contribution is 2.41. The van der Waals surface area contributed by atoms with Crippen molar-refractivity contribution in [3.05, 3.63) is 39.3 Å². The standard InChI is InChI=1S/C17H18Cl2N4S.C2H6/c18-12-5-4-11(8-13(12)19)9-20-16-17(6-2-1-3-7-17)23-15-14(22-16)21-10-24-15;1-2/h4-5,8,10,23H,1-3,6-7,9H2,(H,20,22);1-2H3. The minimum atomic E-state index is -0.0893. The van der Waals surface area contributed by atoms with Gasteiger partial charge in [-0.05, 0) is 30.5 Å². The zero-order valence-electron chi connectivity index (χ0n) is 15.1. The molecule has 4 nitrogen and oxygen atoms in total. The number of aliphatic imine (C=N–C) groups is 1. The third-order valence-electron chi connectivity index (χ3n) is 4.72. The maximum atomic E-state index is 6.11. The number of amidine groups is 1. The monoisotopic (exact) mass is 410 g/mol. The lowest BCUT2D eigenvalue weighted by Crippen LogP contribution is -2.53. The number of halogens is 2. The number of nitrogens with one attached hydrogen (secondary N) is 2. The van der Waals surface area contributed by atoms with Crippen molar-refractivity contribution in [1.29, 1.82) is 0 Å². The summed E-state index contributed by atoms with van der Waals surface area (Å²) in [5, 5.41) is 9.43. The second kappa shape index (κ2) is 8.59. The molecule has 1 aromatic carbocycles. The van der Waals surface area contributed by atoms with Crippen LogP contribution in [0.4, 0.5) is 10.8 Å². The molecule has 0 bridgehead atoms. The number of fused-ring (bicyclic) bond motifs is 1. The van der Waals surface area contributed by atoms with Gasteiger partial charge in [0.25, 0.3) is 0 Å². The highest BCUT2D eigenvalue weighted by atomic mass is 35.5. The minimum absolute atomic E-state index is 0.0893. The van der Waals surface area contributed by atoms with E-state index >= 15 is 0 Å². The molecule has 1 fully saturated rings. The van der Waals surface area contributed by atoms with E-state index < -0.39 is 0 Å². The quantitative estimate of drug-likeness (QED) is 0.584. The summed E-state index contributed by atoms with van der Waals surface area (Å²) >= 11 is 13.7. The molecule has 1 aliphatic carbocycles. The lowest BCUT2D eigenvalue weighted by Gasteiger charge is -2.42. The van der Waals surface area contributed by atoms with Crippen LogP contribution >= 0.6 is 34.5 Å². The Labute approximate surface area is 169 Å². The third kappa shape index (κ3) is 4.00. The number of aromatic nitrogens is 1. The van der Waals surface area contributed by atoms with Gasteiger partial charge in [-0.1, -0.05) is 62.4 Å². The molecule has 0 radical (unpaired) electrons. The van der Waals surface area contributed by atoms with Crippen molar-refractivity contribution in [2.45, 2.75) is 58.0 Å². The van der Waals surface area contributed by atoms with Gasteiger partial charge in [0, 0.05) is 0 Å². The van der Waals surface area contributed by atoms with E-state index in [1.165, 1.54) is 19.3 Å². The molecule has 0 amide bonds. The van der Waals surface area contributed by atoms with Crippen molar-refractivity contribution in [2.24, 2.45) is 4.99 Å². The van der Waals surface area contributed by atoms with Gasteiger partial charge in [-0.25, -0.2) is 4.98 Å². The Hall–Kier alpha value is -1.30. The number of anilines is 2. The third-order valence-corrected chi connectivity index (χ3v) is 6.20. The topological polar surface area (TPSA) is 49.3 Å². The van der Waals surface area contributed by atoms with Crippen LogP contribution in [0.1, 0.15) is 51.5 Å². The molecule has 2 aliphatic rings. The Balaban J connectivity index is 0.000000948. The highest BCUT2D eigenvalue weighted by Gasteiger charge is 2.41. The van der Waals surface area contributed by atoms with Gasteiger partial charge in [-0.15, -0.1) is 11.3 Å². The number of nitrogens with zero attached hydrogens (tertiary/aromatic N) is 2. The molecule has 26 heavy (non-hydrogen) atoms. The molecule has 1 aliphatic heterocycles. The minimum Gasteiger partial charge on any atom is -0.361 e. The molecule has 2 N–H and O–H groups in total. The van der Waals surface area contributed by atoms with E-state index in [-0.39, 0.29) is 5.54 Å². The Morgan fingerprint density at radius 1 is 1.15 bits per heavy atom. The summed E-state index contributed by atoms with van der Waals surface area (Å²) in [5.74, 6) is 1.87. The molecule has 140 valence electrons. The van der Waals surface area contributed by atoms with Crippen LogP contribution in [0.15, 0.2) is 28.7 Å². The fraction of sp³-hybridized carbons (Fsp3) is 0.474. The van der Waals surface area contributed by atoms with Crippen LogP contribution in [0.2, 0.25) is 10.0 Å². The molecule has 0 saturated heterocycles.